The Morgan fingerprint density at radius 1 is 1.28 bits per heavy atom. The van der Waals surface area contributed by atoms with Crippen molar-refractivity contribution < 1.29 is 38.4 Å². The van der Waals surface area contributed by atoms with Gasteiger partial charge in [-0.15, -0.1) is 0 Å². The Kier molecular flexibility index (Phi) is 5.22. The Bertz CT molecular complexity index is 1350. The first-order valence-electron chi connectivity index (χ1n) is 9.04. The fraction of sp³-hybridized carbons (Fsp3) is 0.294. The molecule has 15 heteroatoms. The van der Waals surface area contributed by atoms with Gasteiger partial charge < -0.3 is 30.1 Å². The second kappa shape index (κ2) is 7.64. The lowest BCUT2D eigenvalue weighted by Crippen LogP contribution is -2.56. The van der Waals surface area contributed by atoms with Crippen LogP contribution in [0.2, 0.25) is 0 Å². The fourth-order valence-electron chi connectivity index (χ4n) is 3.46. The van der Waals surface area contributed by atoms with Crippen LogP contribution >= 0.6 is 0 Å². The largest absolute Gasteiger partial charge is 0.507 e. The van der Waals surface area contributed by atoms with E-state index in [4.69, 9.17) is 4.74 Å². The van der Waals surface area contributed by atoms with Crippen LogP contribution in [0.4, 0.5) is 0 Å². The third-order valence-corrected chi connectivity index (χ3v) is 6.77. The molecule has 1 aliphatic rings. The van der Waals surface area contributed by atoms with Gasteiger partial charge in [-0.1, -0.05) is 12.1 Å². The van der Waals surface area contributed by atoms with E-state index in [-0.39, 0.29) is 11.2 Å². The zero-order chi connectivity index (χ0) is 23.3. The molecule has 0 saturated carbocycles. The molecule has 4 rings (SSSR count). The molecule has 0 radical (unpaired) electrons. The SMILES string of the molecule is O=C(NS(=O)(=O)[C@@]1(n2cnc3c(=O)[nH]cnc32)O[C@H](CO)[C@@H](O)[C@H]1O)c1ccccc1O. The second-order valence-electron chi connectivity index (χ2n) is 6.88. The van der Waals surface area contributed by atoms with Gasteiger partial charge in [-0.25, -0.2) is 23.1 Å². The molecule has 32 heavy (non-hydrogen) atoms. The lowest BCUT2D eigenvalue weighted by Gasteiger charge is -2.32. The van der Waals surface area contributed by atoms with Gasteiger partial charge in [0.05, 0.1) is 18.5 Å². The van der Waals surface area contributed by atoms with Crippen LogP contribution in [0.5, 0.6) is 5.75 Å². The Balaban J connectivity index is 1.90. The first-order valence-corrected chi connectivity index (χ1v) is 10.5. The number of nitrogens with zero attached hydrogens (tertiary/aromatic N) is 3. The number of aromatic hydroxyl groups is 1. The van der Waals surface area contributed by atoms with Gasteiger partial charge in [0.1, 0.15) is 30.4 Å². The number of aliphatic hydroxyl groups excluding tert-OH is 3. The van der Waals surface area contributed by atoms with Crippen molar-refractivity contribution in [2.24, 2.45) is 0 Å². The van der Waals surface area contributed by atoms with Gasteiger partial charge in [-0.3, -0.25) is 14.2 Å². The van der Waals surface area contributed by atoms with Crippen molar-refractivity contribution in [2.75, 3.05) is 6.61 Å². The maximum atomic E-state index is 13.4. The van der Waals surface area contributed by atoms with Crippen LogP contribution in [0.1, 0.15) is 10.4 Å². The number of para-hydroxylation sites is 1. The molecule has 1 fully saturated rings. The van der Waals surface area contributed by atoms with Crippen molar-refractivity contribution in [1.82, 2.24) is 24.2 Å². The van der Waals surface area contributed by atoms with Gasteiger partial charge in [0.2, 0.25) is 0 Å². The van der Waals surface area contributed by atoms with Gasteiger partial charge >= 0.3 is 5.06 Å². The Hall–Kier alpha value is -3.37. The summed E-state index contributed by atoms with van der Waals surface area (Å²) in [7, 11) is -5.12. The maximum Gasteiger partial charge on any atom is 0.300 e. The molecule has 0 unspecified atom stereocenters. The number of H-pyrrole nitrogens is 1. The van der Waals surface area contributed by atoms with E-state index in [1.54, 1.807) is 4.72 Å². The summed E-state index contributed by atoms with van der Waals surface area (Å²) in [4.78, 5) is 34.5. The summed E-state index contributed by atoms with van der Waals surface area (Å²) in [6.07, 6.45) is -3.97. The molecule has 3 aromatic rings. The first kappa shape index (κ1) is 21.8. The minimum Gasteiger partial charge on any atom is -0.507 e. The van der Waals surface area contributed by atoms with E-state index in [0.29, 0.717) is 4.57 Å². The number of hydrogen-bond acceptors (Lipinski definition) is 11. The second-order valence-corrected chi connectivity index (χ2v) is 8.67. The number of ether oxygens (including phenoxy) is 1. The van der Waals surface area contributed by atoms with Crippen molar-refractivity contribution in [3.8, 4) is 5.75 Å². The van der Waals surface area contributed by atoms with Crippen LogP contribution in [0.15, 0.2) is 41.7 Å². The highest BCUT2D eigenvalue weighted by atomic mass is 32.2. The van der Waals surface area contributed by atoms with Gasteiger partial charge in [0, 0.05) is 0 Å². The molecule has 0 spiro atoms. The number of benzene rings is 1. The Labute approximate surface area is 178 Å². The number of imidazole rings is 1. The predicted octanol–water partition coefficient (Wildman–Crippen LogP) is -2.69. The number of carbonyl (C=O) groups excluding carboxylic acids is 1. The van der Waals surface area contributed by atoms with E-state index in [1.807, 2.05) is 0 Å². The summed E-state index contributed by atoms with van der Waals surface area (Å²) in [5.41, 5.74) is -1.79. The summed E-state index contributed by atoms with van der Waals surface area (Å²) >= 11 is 0. The first-order chi connectivity index (χ1) is 15.1. The summed E-state index contributed by atoms with van der Waals surface area (Å²) in [5, 5.41) is 37.5. The van der Waals surface area contributed by atoms with Gasteiger partial charge in [-0.2, -0.15) is 0 Å². The molecule has 0 bridgehead atoms. The van der Waals surface area contributed by atoms with Gasteiger partial charge in [0.25, 0.3) is 21.5 Å². The smallest absolute Gasteiger partial charge is 0.300 e. The third kappa shape index (κ3) is 3.06. The minimum absolute atomic E-state index is 0.313. The number of nitrogens with one attached hydrogen (secondary N) is 2. The van der Waals surface area contributed by atoms with Crippen LogP contribution in [-0.2, 0) is 19.8 Å². The number of aromatic nitrogens is 4. The monoisotopic (exact) mass is 467 g/mol. The standard InChI is InChI=1S/C17H17N5O9S/c23-5-10-12(25)13(26)17(31-10,22-7-20-11-14(22)18-6-19-16(11)28)32(29,30)21-15(27)8-3-1-2-4-9(8)24/h1-4,6-7,10,12-13,23-26H,5H2,(H,21,27)(H,18,19,28)/t10-,12-,13-,17+/m1/s1. The number of aromatic amines is 1. The number of fused-ring (bicyclic) bond motifs is 1. The Morgan fingerprint density at radius 2 is 2.00 bits per heavy atom. The van der Waals surface area contributed by atoms with E-state index in [2.05, 4.69) is 15.0 Å². The van der Waals surface area contributed by atoms with Crippen molar-refractivity contribution in [3.05, 3.63) is 52.8 Å². The zero-order valence-corrected chi connectivity index (χ0v) is 16.8. The number of amides is 1. The average Bonchev–Trinajstić information content (AvgIpc) is 3.29. The highest BCUT2D eigenvalue weighted by molar-refractivity contribution is 7.90. The van der Waals surface area contributed by atoms with Crippen LogP contribution < -0.4 is 10.3 Å². The van der Waals surface area contributed by atoms with Crippen LogP contribution in [0.25, 0.3) is 11.2 Å². The van der Waals surface area contributed by atoms with Crippen molar-refractivity contribution in [2.45, 2.75) is 23.4 Å². The molecule has 1 saturated heterocycles. The molecule has 0 aliphatic carbocycles. The van der Waals surface area contributed by atoms with E-state index in [9.17, 15) is 38.4 Å². The number of hydrogen-bond donors (Lipinski definition) is 6. The van der Waals surface area contributed by atoms with E-state index >= 15 is 0 Å². The molecule has 14 nitrogen and oxygen atoms in total. The number of phenols is 1. The number of sulfonamides is 1. The molecule has 2 aromatic heterocycles. The lowest BCUT2D eigenvalue weighted by molar-refractivity contribution is -0.0847. The molecule has 1 amide bonds. The van der Waals surface area contributed by atoms with Crippen LogP contribution in [0.3, 0.4) is 0 Å². The van der Waals surface area contributed by atoms with E-state index < -0.39 is 62.8 Å². The van der Waals surface area contributed by atoms with E-state index in [1.165, 1.54) is 12.1 Å². The topological polar surface area (TPSA) is 217 Å². The number of phenolic OH excluding ortho intramolecular Hbond substituents is 1. The molecule has 1 aliphatic heterocycles. The average molecular weight is 467 g/mol. The number of carbonyl (C=O) groups is 1. The van der Waals surface area contributed by atoms with Crippen molar-refractivity contribution in [3.63, 3.8) is 0 Å². The van der Waals surface area contributed by atoms with Crippen molar-refractivity contribution >= 4 is 27.1 Å². The minimum atomic E-state index is -5.12. The summed E-state index contributed by atoms with van der Waals surface area (Å²) < 4.78 is 34.6. The quantitative estimate of drug-likeness (QED) is 0.227. The van der Waals surface area contributed by atoms with Gasteiger partial charge in [0.15, 0.2) is 11.2 Å². The molecule has 3 heterocycles. The highest BCUT2D eigenvalue weighted by Gasteiger charge is 2.65. The lowest BCUT2D eigenvalue weighted by atomic mass is 10.1. The van der Waals surface area contributed by atoms with Crippen LogP contribution in [0, 0.1) is 0 Å². The normalized spacial score (nSPS) is 25.8. The van der Waals surface area contributed by atoms with Gasteiger partial charge in [-0.05, 0) is 12.1 Å². The third-order valence-electron chi connectivity index (χ3n) is 5.01. The molecule has 4 atom stereocenters. The zero-order valence-electron chi connectivity index (χ0n) is 16.0. The predicted molar refractivity (Wildman–Crippen MR) is 105 cm³/mol. The molecule has 1 aromatic carbocycles. The number of aliphatic hydroxyl groups is 3. The number of rotatable bonds is 5. The molecule has 170 valence electrons. The molecular formula is C17H17N5O9S. The summed E-state index contributed by atoms with van der Waals surface area (Å²) in [6, 6.07) is 5.10. The van der Waals surface area contributed by atoms with Crippen LogP contribution in [-0.4, -0.2) is 79.2 Å². The Morgan fingerprint density at radius 3 is 2.66 bits per heavy atom. The van der Waals surface area contributed by atoms with Crippen molar-refractivity contribution in [1.29, 1.82) is 0 Å². The maximum absolute atomic E-state index is 13.4. The summed E-state index contributed by atoms with van der Waals surface area (Å²) in [5.74, 6) is -1.79. The highest BCUT2D eigenvalue weighted by Crippen LogP contribution is 2.41. The molecule has 6 N–H and O–H groups in total. The molecular weight excluding hydrogens is 450 g/mol. The van der Waals surface area contributed by atoms with E-state index in [0.717, 1.165) is 24.8 Å². The summed E-state index contributed by atoms with van der Waals surface area (Å²) in [6.45, 7) is -0.885. The fourth-order valence-corrected chi connectivity index (χ4v) is 5.06.